The molecule has 0 aromatic carbocycles. The van der Waals surface area contributed by atoms with Crippen molar-refractivity contribution in [3.8, 4) is 0 Å². The zero-order valence-corrected chi connectivity index (χ0v) is 10.0. The fourth-order valence-corrected chi connectivity index (χ4v) is 1.56. The number of anilines is 1. The van der Waals surface area contributed by atoms with Crippen molar-refractivity contribution < 1.29 is 10.0 Å². The molecule has 0 aliphatic carbocycles. The van der Waals surface area contributed by atoms with E-state index in [0.29, 0.717) is 17.8 Å². The molecule has 1 unspecified atom stereocenters. The van der Waals surface area contributed by atoms with Crippen molar-refractivity contribution in [1.29, 1.82) is 0 Å². The number of rotatable bonds is 6. The maximum absolute atomic E-state index is 10.6. The van der Waals surface area contributed by atoms with E-state index < -0.39 is 4.92 Å². The number of aliphatic hydroxyl groups excluding tert-OH is 1. The summed E-state index contributed by atoms with van der Waals surface area (Å²) < 4.78 is 0. The Hall–Kier alpha value is -1.69. The molecule has 0 amide bonds. The molecule has 0 fully saturated rings. The van der Waals surface area contributed by atoms with Gasteiger partial charge in [-0.25, -0.2) is 4.98 Å². The van der Waals surface area contributed by atoms with E-state index in [1.165, 1.54) is 6.20 Å². The van der Waals surface area contributed by atoms with Crippen LogP contribution in [0.3, 0.4) is 0 Å². The van der Waals surface area contributed by atoms with Crippen molar-refractivity contribution in [2.45, 2.75) is 32.7 Å². The minimum absolute atomic E-state index is 0.0192. The Morgan fingerprint density at radius 3 is 2.82 bits per heavy atom. The average Bonchev–Trinajstić information content (AvgIpc) is 2.28. The lowest BCUT2D eigenvalue weighted by atomic mass is 10.1. The first kappa shape index (κ1) is 13.4. The van der Waals surface area contributed by atoms with E-state index in [1.807, 2.05) is 6.92 Å². The van der Waals surface area contributed by atoms with Crippen molar-refractivity contribution in [1.82, 2.24) is 4.98 Å². The lowest BCUT2D eigenvalue weighted by Crippen LogP contribution is -2.20. The van der Waals surface area contributed by atoms with Gasteiger partial charge in [-0.2, -0.15) is 0 Å². The van der Waals surface area contributed by atoms with Crippen LogP contribution in [0.25, 0.3) is 0 Å². The van der Waals surface area contributed by atoms with Crippen molar-refractivity contribution in [3.63, 3.8) is 0 Å². The van der Waals surface area contributed by atoms with E-state index in [2.05, 4.69) is 10.3 Å². The number of aromatic nitrogens is 1. The predicted molar refractivity (Wildman–Crippen MR) is 65.0 cm³/mol. The van der Waals surface area contributed by atoms with E-state index in [0.717, 1.165) is 6.42 Å². The molecule has 0 aliphatic heterocycles. The first-order valence-electron chi connectivity index (χ1n) is 5.57. The molecule has 6 nitrogen and oxygen atoms in total. The van der Waals surface area contributed by atoms with Gasteiger partial charge in [0.25, 0.3) is 5.69 Å². The molecular formula is C11H17N3O3. The zero-order valence-electron chi connectivity index (χ0n) is 10.0. The monoisotopic (exact) mass is 239 g/mol. The second kappa shape index (κ2) is 6.15. The van der Waals surface area contributed by atoms with Gasteiger partial charge in [0, 0.05) is 18.2 Å². The molecule has 94 valence electrons. The van der Waals surface area contributed by atoms with Gasteiger partial charge in [0.05, 0.1) is 4.92 Å². The summed E-state index contributed by atoms with van der Waals surface area (Å²) in [5, 5.41) is 22.6. The molecule has 2 N–H and O–H groups in total. The zero-order chi connectivity index (χ0) is 12.8. The summed E-state index contributed by atoms with van der Waals surface area (Å²) in [5.41, 5.74) is 0.595. The molecule has 1 atom stereocenters. The number of aliphatic hydroxyl groups is 1. The summed E-state index contributed by atoms with van der Waals surface area (Å²) in [4.78, 5) is 14.2. The predicted octanol–water partition coefficient (Wildman–Crippen LogP) is 1.87. The van der Waals surface area contributed by atoms with Gasteiger partial charge in [-0.3, -0.25) is 10.1 Å². The number of pyridine rings is 1. The van der Waals surface area contributed by atoms with Crippen molar-refractivity contribution in [2.24, 2.45) is 0 Å². The Bertz CT molecular complexity index is 396. The fourth-order valence-electron chi connectivity index (χ4n) is 1.56. The van der Waals surface area contributed by atoms with Crippen molar-refractivity contribution >= 4 is 11.5 Å². The van der Waals surface area contributed by atoms with E-state index >= 15 is 0 Å². The van der Waals surface area contributed by atoms with Gasteiger partial charge in [-0.05, 0) is 25.8 Å². The smallest absolute Gasteiger partial charge is 0.290 e. The van der Waals surface area contributed by atoms with Gasteiger partial charge in [0.1, 0.15) is 12.0 Å². The fraction of sp³-hybridized carbons (Fsp3) is 0.545. The molecule has 1 aromatic rings. The van der Waals surface area contributed by atoms with Gasteiger partial charge >= 0.3 is 0 Å². The number of nitrogens with one attached hydrogen (secondary N) is 1. The second-order valence-electron chi connectivity index (χ2n) is 3.87. The van der Waals surface area contributed by atoms with Crippen molar-refractivity contribution in [2.75, 3.05) is 11.9 Å². The maximum atomic E-state index is 10.6. The highest BCUT2D eigenvalue weighted by atomic mass is 16.6. The molecule has 6 heteroatoms. The minimum atomic E-state index is -0.447. The highest BCUT2D eigenvalue weighted by Crippen LogP contribution is 2.19. The molecule has 0 spiro atoms. The summed E-state index contributed by atoms with van der Waals surface area (Å²) in [7, 11) is 0. The number of hydrogen-bond acceptors (Lipinski definition) is 5. The maximum Gasteiger partial charge on any atom is 0.290 e. The lowest BCUT2D eigenvalue weighted by Gasteiger charge is -2.16. The quantitative estimate of drug-likeness (QED) is 0.584. The van der Waals surface area contributed by atoms with Crippen LogP contribution >= 0.6 is 0 Å². The molecule has 0 bridgehead atoms. The lowest BCUT2D eigenvalue weighted by molar-refractivity contribution is -0.385. The van der Waals surface area contributed by atoms with Crippen LogP contribution in [-0.4, -0.2) is 27.7 Å². The van der Waals surface area contributed by atoms with Crippen LogP contribution in [0.2, 0.25) is 0 Å². The Balaban J connectivity index is 2.79. The first-order valence-corrected chi connectivity index (χ1v) is 5.57. The summed E-state index contributed by atoms with van der Waals surface area (Å²) >= 11 is 0. The molecule has 0 saturated heterocycles. The van der Waals surface area contributed by atoms with Gasteiger partial charge in [0.15, 0.2) is 0 Å². The minimum Gasteiger partial charge on any atom is -0.396 e. The van der Waals surface area contributed by atoms with Crippen LogP contribution in [0.15, 0.2) is 12.3 Å². The van der Waals surface area contributed by atoms with E-state index in [1.54, 1.807) is 13.0 Å². The van der Waals surface area contributed by atoms with Crippen LogP contribution < -0.4 is 5.32 Å². The summed E-state index contributed by atoms with van der Waals surface area (Å²) in [6, 6.07) is 1.78. The van der Waals surface area contributed by atoms with Crippen LogP contribution in [0.5, 0.6) is 0 Å². The topological polar surface area (TPSA) is 88.3 Å². The number of nitro groups is 1. The van der Waals surface area contributed by atoms with Crippen LogP contribution in [-0.2, 0) is 0 Å². The molecule has 0 aliphatic rings. The van der Waals surface area contributed by atoms with Gasteiger partial charge in [-0.15, -0.1) is 0 Å². The third-order valence-corrected chi connectivity index (χ3v) is 2.60. The SMILES string of the molecule is CCC(CCO)Nc1cc(C)c([N+](=O)[O-])cn1. The first-order chi connectivity index (χ1) is 8.08. The molecule has 0 radical (unpaired) electrons. The summed E-state index contributed by atoms with van der Waals surface area (Å²) in [6.07, 6.45) is 2.75. The Labute approximate surface area is 99.8 Å². The molecule has 0 saturated carbocycles. The molecule has 17 heavy (non-hydrogen) atoms. The van der Waals surface area contributed by atoms with E-state index in [9.17, 15) is 10.1 Å². The standard InChI is InChI=1S/C11H17N3O3/c1-3-9(4-5-15)13-11-6-8(2)10(7-12-11)14(16)17/h6-7,9,15H,3-5H2,1-2H3,(H,12,13). The Morgan fingerprint density at radius 1 is 1.65 bits per heavy atom. The third kappa shape index (κ3) is 3.67. The van der Waals surface area contributed by atoms with E-state index in [4.69, 9.17) is 5.11 Å². The number of nitrogens with zero attached hydrogens (tertiary/aromatic N) is 2. The van der Waals surface area contributed by atoms with Crippen LogP contribution in [0, 0.1) is 17.0 Å². The van der Waals surface area contributed by atoms with Crippen LogP contribution in [0.4, 0.5) is 11.5 Å². The Kier molecular flexibility index (Phi) is 4.84. The molecular weight excluding hydrogens is 222 g/mol. The number of hydrogen-bond donors (Lipinski definition) is 2. The largest absolute Gasteiger partial charge is 0.396 e. The van der Waals surface area contributed by atoms with Crippen molar-refractivity contribution in [3.05, 3.63) is 27.9 Å². The Morgan fingerprint density at radius 2 is 2.35 bits per heavy atom. The molecule has 1 heterocycles. The van der Waals surface area contributed by atoms with Crippen LogP contribution in [0.1, 0.15) is 25.3 Å². The molecule has 1 rings (SSSR count). The summed E-state index contributed by atoms with van der Waals surface area (Å²) in [6.45, 7) is 3.79. The van der Waals surface area contributed by atoms with Gasteiger partial charge in [0.2, 0.25) is 0 Å². The highest BCUT2D eigenvalue weighted by Gasteiger charge is 2.13. The normalized spacial score (nSPS) is 12.2. The molecule has 1 aromatic heterocycles. The number of aryl methyl sites for hydroxylation is 1. The van der Waals surface area contributed by atoms with Gasteiger partial charge in [-0.1, -0.05) is 6.92 Å². The summed E-state index contributed by atoms with van der Waals surface area (Å²) in [5.74, 6) is 0.605. The van der Waals surface area contributed by atoms with E-state index in [-0.39, 0.29) is 18.3 Å². The third-order valence-electron chi connectivity index (χ3n) is 2.60. The van der Waals surface area contributed by atoms with Gasteiger partial charge < -0.3 is 10.4 Å². The highest BCUT2D eigenvalue weighted by molar-refractivity contribution is 5.47. The average molecular weight is 239 g/mol. The second-order valence-corrected chi connectivity index (χ2v) is 3.87.